The molecule has 0 aliphatic carbocycles. The molecule has 23 heavy (non-hydrogen) atoms. The highest BCUT2D eigenvalue weighted by atomic mass is 35.5. The van der Waals surface area contributed by atoms with Crippen molar-refractivity contribution in [2.45, 2.75) is 6.42 Å². The summed E-state index contributed by atoms with van der Waals surface area (Å²) in [4.78, 5) is 23.6. The molecule has 7 heteroatoms. The van der Waals surface area contributed by atoms with Crippen LogP contribution in [0.25, 0.3) is 0 Å². The first-order chi connectivity index (χ1) is 11.0. The van der Waals surface area contributed by atoms with Gasteiger partial charge in [0.15, 0.2) is 0 Å². The van der Waals surface area contributed by atoms with Gasteiger partial charge >= 0.3 is 0 Å². The van der Waals surface area contributed by atoms with E-state index in [1.807, 2.05) is 0 Å². The Hall–Kier alpha value is -2.55. The third-order valence-corrected chi connectivity index (χ3v) is 3.38. The predicted molar refractivity (Wildman–Crippen MR) is 89.7 cm³/mol. The van der Waals surface area contributed by atoms with E-state index in [0.717, 1.165) is 0 Å². The molecule has 2 aromatic carbocycles. The Labute approximate surface area is 142 Å². The van der Waals surface area contributed by atoms with E-state index in [0.29, 0.717) is 16.4 Å². The Morgan fingerprint density at radius 1 is 1.04 bits per heavy atom. The van der Waals surface area contributed by atoms with Gasteiger partial charge in [-0.1, -0.05) is 29.3 Å². The molecule has 0 heterocycles. The fourth-order valence-electron chi connectivity index (χ4n) is 1.82. The number of hydrogen-bond acceptors (Lipinski definition) is 3. The zero-order chi connectivity index (χ0) is 16.8. The summed E-state index contributed by atoms with van der Waals surface area (Å²) in [6, 6.07) is 12.9. The lowest BCUT2D eigenvalue weighted by Crippen LogP contribution is -2.13. The minimum absolute atomic E-state index is 0.241. The van der Waals surface area contributed by atoms with Crippen LogP contribution in [-0.2, 0) is 4.79 Å². The van der Waals surface area contributed by atoms with E-state index in [2.05, 4.69) is 10.6 Å². The first-order valence-electron chi connectivity index (χ1n) is 6.53. The van der Waals surface area contributed by atoms with Gasteiger partial charge in [0.1, 0.15) is 6.42 Å². The van der Waals surface area contributed by atoms with Crippen LogP contribution in [0.5, 0.6) is 0 Å². The molecular weight excluding hydrogens is 337 g/mol. The Morgan fingerprint density at radius 2 is 1.74 bits per heavy atom. The maximum absolute atomic E-state index is 12.2. The summed E-state index contributed by atoms with van der Waals surface area (Å²) < 4.78 is 0. The van der Waals surface area contributed by atoms with Crippen LogP contribution in [0.3, 0.4) is 0 Å². The van der Waals surface area contributed by atoms with Crippen molar-refractivity contribution in [3.8, 4) is 6.07 Å². The molecule has 0 aliphatic heterocycles. The van der Waals surface area contributed by atoms with Crippen molar-refractivity contribution in [1.29, 1.82) is 5.26 Å². The van der Waals surface area contributed by atoms with Crippen molar-refractivity contribution in [3.63, 3.8) is 0 Å². The molecule has 0 atom stereocenters. The normalized spacial score (nSPS) is 9.78. The van der Waals surface area contributed by atoms with Crippen molar-refractivity contribution < 1.29 is 9.59 Å². The molecule has 0 spiro atoms. The Balaban J connectivity index is 2.14. The first kappa shape index (κ1) is 16.8. The summed E-state index contributed by atoms with van der Waals surface area (Å²) >= 11 is 11.8. The Kier molecular flexibility index (Phi) is 5.58. The number of anilines is 2. The van der Waals surface area contributed by atoms with E-state index in [-0.39, 0.29) is 17.0 Å². The van der Waals surface area contributed by atoms with Crippen LogP contribution < -0.4 is 10.6 Å². The Morgan fingerprint density at radius 3 is 2.43 bits per heavy atom. The second-order valence-corrected chi connectivity index (χ2v) is 5.39. The third-order valence-electron chi connectivity index (χ3n) is 2.82. The van der Waals surface area contributed by atoms with E-state index >= 15 is 0 Å². The molecule has 0 aromatic heterocycles. The van der Waals surface area contributed by atoms with E-state index in [1.54, 1.807) is 36.4 Å². The van der Waals surface area contributed by atoms with Crippen LogP contribution >= 0.6 is 23.2 Å². The van der Waals surface area contributed by atoms with E-state index in [9.17, 15) is 9.59 Å². The molecule has 2 amide bonds. The molecule has 2 aromatic rings. The zero-order valence-corrected chi connectivity index (χ0v) is 13.3. The second kappa shape index (κ2) is 7.63. The monoisotopic (exact) mass is 347 g/mol. The van der Waals surface area contributed by atoms with Crippen LogP contribution in [0.2, 0.25) is 10.0 Å². The van der Waals surface area contributed by atoms with Gasteiger partial charge in [-0.3, -0.25) is 9.59 Å². The van der Waals surface area contributed by atoms with Gasteiger partial charge in [-0.05, 0) is 36.4 Å². The number of carbonyl (C=O) groups excluding carboxylic acids is 2. The van der Waals surface area contributed by atoms with Gasteiger partial charge in [-0.25, -0.2) is 0 Å². The quantitative estimate of drug-likeness (QED) is 0.873. The summed E-state index contributed by atoms with van der Waals surface area (Å²) in [6.45, 7) is 0. The van der Waals surface area contributed by atoms with Crippen molar-refractivity contribution in [3.05, 3.63) is 58.1 Å². The molecule has 0 fully saturated rings. The van der Waals surface area contributed by atoms with Crippen LogP contribution in [0, 0.1) is 11.3 Å². The third kappa shape index (κ3) is 4.71. The number of nitrogens with one attached hydrogen (secondary N) is 2. The van der Waals surface area contributed by atoms with Gasteiger partial charge < -0.3 is 10.6 Å². The minimum atomic E-state index is -0.422. The molecule has 0 unspecified atom stereocenters. The highest BCUT2D eigenvalue weighted by molar-refractivity contribution is 6.36. The number of nitrogens with zero attached hydrogens (tertiary/aromatic N) is 1. The minimum Gasteiger partial charge on any atom is -0.325 e. The highest BCUT2D eigenvalue weighted by Gasteiger charge is 2.12. The molecule has 5 nitrogen and oxygen atoms in total. The molecule has 2 N–H and O–H groups in total. The lowest BCUT2D eigenvalue weighted by molar-refractivity contribution is -0.115. The molecule has 0 saturated heterocycles. The molecule has 0 bridgehead atoms. The molecule has 0 radical (unpaired) electrons. The fourth-order valence-corrected chi connectivity index (χ4v) is 2.20. The average Bonchev–Trinajstić information content (AvgIpc) is 2.50. The number of carbonyl (C=O) groups is 2. The second-order valence-electron chi connectivity index (χ2n) is 4.54. The van der Waals surface area contributed by atoms with Crippen molar-refractivity contribution in [1.82, 2.24) is 0 Å². The summed E-state index contributed by atoms with van der Waals surface area (Å²) in [7, 11) is 0. The van der Waals surface area contributed by atoms with Crippen molar-refractivity contribution in [2.24, 2.45) is 0 Å². The van der Waals surface area contributed by atoms with Gasteiger partial charge in [-0.2, -0.15) is 5.26 Å². The maximum atomic E-state index is 12.2. The lowest BCUT2D eigenvalue weighted by atomic mass is 10.2. The number of hydrogen-bond donors (Lipinski definition) is 2. The topological polar surface area (TPSA) is 82.0 Å². The van der Waals surface area contributed by atoms with Gasteiger partial charge in [0.25, 0.3) is 5.91 Å². The SMILES string of the molecule is N#CCC(=O)Nc1cccc(NC(=O)c2cc(Cl)ccc2Cl)c1. The lowest BCUT2D eigenvalue weighted by Gasteiger charge is -2.09. The largest absolute Gasteiger partial charge is 0.325 e. The smallest absolute Gasteiger partial charge is 0.257 e. The van der Waals surface area contributed by atoms with E-state index < -0.39 is 11.8 Å². The fraction of sp³-hybridized carbons (Fsp3) is 0.0625. The van der Waals surface area contributed by atoms with Gasteiger partial charge in [0.05, 0.1) is 16.7 Å². The van der Waals surface area contributed by atoms with Crippen LogP contribution in [0.15, 0.2) is 42.5 Å². The summed E-state index contributed by atoms with van der Waals surface area (Å²) in [5, 5.41) is 14.4. The molecule has 2 rings (SSSR count). The standard InChI is InChI=1S/C16H11Cl2N3O2/c17-10-4-5-14(18)13(8-10)16(23)21-12-3-1-2-11(9-12)20-15(22)6-7-19/h1-5,8-9H,6H2,(H,20,22)(H,21,23). The summed E-state index contributed by atoms with van der Waals surface area (Å²) in [5.41, 5.74) is 1.19. The van der Waals surface area contributed by atoms with Crippen LogP contribution in [0.4, 0.5) is 11.4 Å². The number of benzene rings is 2. The van der Waals surface area contributed by atoms with Gasteiger partial charge in [0.2, 0.25) is 5.91 Å². The summed E-state index contributed by atoms with van der Waals surface area (Å²) in [5.74, 6) is -0.841. The number of amides is 2. The van der Waals surface area contributed by atoms with Crippen molar-refractivity contribution >= 4 is 46.4 Å². The maximum Gasteiger partial charge on any atom is 0.257 e. The first-order valence-corrected chi connectivity index (χ1v) is 7.28. The van der Waals surface area contributed by atoms with E-state index in [1.165, 1.54) is 12.1 Å². The Bertz CT molecular complexity index is 800. The zero-order valence-electron chi connectivity index (χ0n) is 11.8. The molecule has 116 valence electrons. The molecular formula is C16H11Cl2N3O2. The highest BCUT2D eigenvalue weighted by Crippen LogP contribution is 2.22. The number of halogens is 2. The van der Waals surface area contributed by atoms with Crippen molar-refractivity contribution in [2.75, 3.05) is 10.6 Å². The van der Waals surface area contributed by atoms with Gasteiger partial charge in [0, 0.05) is 16.4 Å². The van der Waals surface area contributed by atoms with Crippen LogP contribution in [-0.4, -0.2) is 11.8 Å². The summed E-state index contributed by atoms with van der Waals surface area (Å²) in [6.07, 6.45) is -0.241. The van der Waals surface area contributed by atoms with E-state index in [4.69, 9.17) is 28.5 Å². The average molecular weight is 348 g/mol. The molecule has 0 saturated carbocycles. The number of rotatable bonds is 4. The predicted octanol–water partition coefficient (Wildman–Crippen LogP) is 4.10. The molecule has 0 aliphatic rings. The van der Waals surface area contributed by atoms with Gasteiger partial charge in [-0.15, -0.1) is 0 Å². The number of nitriles is 1. The van der Waals surface area contributed by atoms with Crippen LogP contribution in [0.1, 0.15) is 16.8 Å².